The molecule has 3 amide bonds. The number of anilines is 1. The van der Waals surface area contributed by atoms with Crippen LogP contribution in [0, 0.1) is 11.6 Å². The van der Waals surface area contributed by atoms with Crippen molar-refractivity contribution in [2.24, 2.45) is 0 Å². The van der Waals surface area contributed by atoms with E-state index in [1.165, 1.54) is 23.2 Å². The zero-order chi connectivity index (χ0) is 24.8. The SMILES string of the molecule is O=C(CN1NC2C3CC(c4ccc(F)cc4)NN3C=CN2C1=O)N1CCN(c2ccccc2F)CC1. The van der Waals surface area contributed by atoms with Crippen molar-refractivity contribution in [2.75, 3.05) is 37.6 Å². The van der Waals surface area contributed by atoms with E-state index in [4.69, 9.17) is 0 Å². The van der Waals surface area contributed by atoms with Crippen LogP contribution in [0.4, 0.5) is 19.3 Å². The molecule has 2 aromatic carbocycles. The molecule has 3 fully saturated rings. The number of hydrogen-bond acceptors (Lipinski definition) is 6. The van der Waals surface area contributed by atoms with Gasteiger partial charge in [-0.3, -0.25) is 9.69 Å². The molecule has 4 aliphatic heterocycles. The van der Waals surface area contributed by atoms with Crippen LogP contribution < -0.4 is 15.8 Å². The first-order valence-corrected chi connectivity index (χ1v) is 12.1. The van der Waals surface area contributed by atoms with Crippen LogP contribution in [-0.4, -0.2) is 76.7 Å². The number of rotatable bonds is 4. The fraction of sp³-hybridized carbons (Fsp3) is 0.360. The number of benzene rings is 2. The summed E-state index contributed by atoms with van der Waals surface area (Å²) in [4.78, 5) is 31.3. The molecule has 0 saturated carbocycles. The van der Waals surface area contributed by atoms with Gasteiger partial charge in [-0.05, 0) is 36.2 Å². The Bertz CT molecular complexity index is 1190. The Morgan fingerprint density at radius 2 is 1.69 bits per heavy atom. The van der Waals surface area contributed by atoms with Gasteiger partial charge in [0.1, 0.15) is 24.3 Å². The minimum Gasteiger partial charge on any atom is -0.366 e. The maximum Gasteiger partial charge on any atom is 0.340 e. The maximum atomic E-state index is 14.1. The zero-order valence-electron chi connectivity index (χ0n) is 19.6. The van der Waals surface area contributed by atoms with Crippen LogP contribution in [0.15, 0.2) is 60.9 Å². The van der Waals surface area contributed by atoms with Gasteiger partial charge in [-0.15, -0.1) is 0 Å². The van der Waals surface area contributed by atoms with Gasteiger partial charge in [0.15, 0.2) is 0 Å². The molecule has 3 atom stereocenters. The van der Waals surface area contributed by atoms with E-state index in [1.807, 2.05) is 16.1 Å². The monoisotopic (exact) mass is 495 g/mol. The third-order valence-electron chi connectivity index (χ3n) is 7.32. The molecule has 4 aliphatic rings. The highest BCUT2D eigenvalue weighted by Gasteiger charge is 2.48. The van der Waals surface area contributed by atoms with Gasteiger partial charge in [-0.2, -0.15) is 0 Å². The van der Waals surface area contributed by atoms with Crippen LogP contribution >= 0.6 is 0 Å². The number of fused-ring (bicyclic) bond motifs is 3. The van der Waals surface area contributed by atoms with Crippen molar-refractivity contribution in [2.45, 2.75) is 24.7 Å². The smallest absolute Gasteiger partial charge is 0.340 e. The molecule has 2 N–H and O–H groups in total. The van der Waals surface area contributed by atoms with Crippen molar-refractivity contribution in [3.63, 3.8) is 0 Å². The largest absolute Gasteiger partial charge is 0.366 e. The Morgan fingerprint density at radius 1 is 0.944 bits per heavy atom. The number of nitrogens with zero attached hydrogens (tertiary/aromatic N) is 5. The van der Waals surface area contributed by atoms with E-state index < -0.39 is 0 Å². The number of amides is 3. The Hall–Kier alpha value is -3.70. The second kappa shape index (κ2) is 9.07. The number of hydrazine groups is 2. The number of para-hydroxylation sites is 1. The van der Waals surface area contributed by atoms with E-state index >= 15 is 0 Å². The zero-order valence-corrected chi connectivity index (χ0v) is 19.6. The van der Waals surface area contributed by atoms with Crippen LogP contribution in [0.2, 0.25) is 0 Å². The van der Waals surface area contributed by atoms with Gasteiger partial charge in [0.05, 0.1) is 17.8 Å². The van der Waals surface area contributed by atoms with Crippen molar-refractivity contribution >= 4 is 17.6 Å². The molecule has 9 nitrogen and oxygen atoms in total. The summed E-state index contributed by atoms with van der Waals surface area (Å²) in [7, 11) is 0. The average molecular weight is 496 g/mol. The van der Waals surface area contributed by atoms with Crippen LogP contribution in [0.5, 0.6) is 0 Å². The summed E-state index contributed by atoms with van der Waals surface area (Å²) in [6.07, 6.45) is 3.90. The van der Waals surface area contributed by atoms with Gasteiger partial charge in [0.2, 0.25) is 5.91 Å². The number of carbonyl (C=O) groups is 2. The van der Waals surface area contributed by atoms with Gasteiger partial charge in [-0.1, -0.05) is 24.3 Å². The summed E-state index contributed by atoms with van der Waals surface area (Å²) in [5, 5.41) is 3.33. The van der Waals surface area contributed by atoms with Crippen LogP contribution in [-0.2, 0) is 4.79 Å². The predicted molar refractivity (Wildman–Crippen MR) is 128 cm³/mol. The standard InChI is InChI=1S/C25H27F2N7O2/c26-18-7-5-17(6-8-18)20-15-22-24-29-34(25(36)32(24)13-14-33(22)28-20)16-23(35)31-11-9-30(10-12-31)21-4-2-1-3-19(21)27/h1-8,13-14,20,22,24,28-29H,9-12,15-16H2. The van der Waals surface area contributed by atoms with Gasteiger partial charge in [0, 0.05) is 38.6 Å². The molecule has 0 bridgehead atoms. The summed E-state index contributed by atoms with van der Waals surface area (Å²) in [5.74, 6) is -0.707. The summed E-state index contributed by atoms with van der Waals surface area (Å²) in [6, 6.07) is 12.7. The predicted octanol–water partition coefficient (Wildman–Crippen LogP) is 1.99. The molecule has 3 saturated heterocycles. The second-order valence-electron chi connectivity index (χ2n) is 9.41. The van der Waals surface area contributed by atoms with Gasteiger partial charge >= 0.3 is 6.03 Å². The highest BCUT2D eigenvalue weighted by molar-refractivity contribution is 5.85. The van der Waals surface area contributed by atoms with Crippen molar-refractivity contribution in [1.82, 2.24) is 30.7 Å². The van der Waals surface area contributed by atoms with E-state index in [0.29, 0.717) is 38.3 Å². The summed E-state index contributed by atoms with van der Waals surface area (Å²) < 4.78 is 27.4. The number of piperazine rings is 1. The summed E-state index contributed by atoms with van der Waals surface area (Å²) in [6.45, 7) is 1.89. The molecule has 0 aliphatic carbocycles. The molecule has 188 valence electrons. The summed E-state index contributed by atoms with van der Waals surface area (Å²) in [5.41, 5.74) is 8.13. The molecule has 4 heterocycles. The van der Waals surface area contributed by atoms with E-state index in [9.17, 15) is 18.4 Å². The Kier molecular flexibility index (Phi) is 5.73. The van der Waals surface area contributed by atoms with Gasteiger partial charge in [-0.25, -0.2) is 29.4 Å². The van der Waals surface area contributed by atoms with Crippen LogP contribution in [0.1, 0.15) is 18.0 Å². The number of nitrogens with one attached hydrogen (secondary N) is 2. The number of urea groups is 1. The lowest BCUT2D eigenvalue weighted by molar-refractivity contribution is -0.132. The third-order valence-corrected chi connectivity index (χ3v) is 7.32. The van der Waals surface area contributed by atoms with Crippen molar-refractivity contribution in [3.05, 3.63) is 78.1 Å². The highest BCUT2D eigenvalue weighted by atomic mass is 19.1. The number of hydrogen-bond donors (Lipinski definition) is 2. The normalized spacial score (nSPS) is 25.4. The van der Waals surface area contributed by atoms with E-state index in [-0.39, 0.29) is 48.4 Å². The van der Waals surface area contributed by atoms with Crippen molar-refractivity contribution in [1.29, 1.82) is 0 Å². The first kappa shape index (κ1) is 22.7. The Morgan fingerprint density at radius 3 is 2.44 bits per heavy atom. The maximum absolute atomic E-state index is 14.1. The Labute approximate surface area is 207 Å². The van der Waals surface area contributed by atoms with Crippen LogP contribution in [0.3, 0.4) is 0 Å². The molecule has 3 unspecified atom stereocenters. The van der Waals surface area contributed by atoms with Crippen molar-refractivity contribution in [3.8, 4) is 0 Å². The third kappa shape index (κ3) is 4.03. The molecule has 2 aromatic rings. The van der Waals surface area contributed by atoms with Crippen molar-refractivity contribution < 1.29 is 18.4 Å². The van der Waals surface area contributed by atoms with Crippen LogP contribution in [0.25, 0.3) is 0 Å². The molecular formula is C25H27F2N7O2. The molecule has 0 radical (unpaired) electrons. The minimum atomic E-state index is -0.328. The number of carbonyl (C=O) groups excluding carboxylic acids is 2. The molecule has 11 heteroatoms. The van der Waals surface area contributed by atoms with Gasteiger partial charge < -0.3 is 14.8 Å². The lowest BCUT2D eigenvalue weighted by Crippen LogP contribution is -2.55. The fourth-order valence-electron chi connectivity index (χ4n) is 5.38. The number of halogens is 2. The van der Waals surface area contributed by atoms with E-state index in [0.717, 1.165) is 5.56 Å². The van der Waals surface area contributed by atoms with E-state index in [2.05, 4.69) is 10.9 Å². The molecule has 0 aromatic heterocycles. The topological polar surface area (TPSA) is 74.4 Å². The first-order chi connectivity index (χ1) is 17.5. The molecule has 36 heavy (non-hydrogen) atoms. The second-order valence-corrected chi connectivity index (χ2v) is 9.41. The lowest BCUT2D eigenvalue weighted by Gasteiger charge is -2.36. The van der Waals surface area contributed by atoms with E-state index in [1.54, 1.807) is 46.3 Å². The fourth-order valence-corrected chi connectivity index (χ4v) is 5.38. The quantitative estimate of drug-likeness (QED) is 0.676. The first-order valence-electron chi connectivity index (χ1n) is 12.1. The highest BCUT2D eigenvalue weighted by Crippen LogP contribution is 2.34. The lowest BCUT2D eigenvalue weighted by atomic mass is 10.00. The molecular weight excluding hydrogens is 468 g/mol. The molecule has 6 rings (SSSR count). The van der Waals surface area contributed by atoms with Gasteiger partial charge in [0.25, 0.3) is 0 Å². The average Bonchev–Trinajstić information content (AvgIpc) is 3.46. The summed E-state index contributed by atoms with van der Waals surface area (Å²) >= 11 is 0. The molecule has 0 spiro atoms. The Balaban J connectivity index is 1.07. The minimum absolute atomic E-state index is 0.0152.